The second kappa shape index (κ2) is 7.71. The molecule has 0 aromatic heterocycles. The van der Waals surface area contributed by atoms with Crippen LogP contribution >= 0.6 is 11.6 Å². The number of fused-ring (bicyclic) bond motifs is 1. The fourth-order valence-electron chi connectivity index (χ4n) is 2.74. The van der Waals surface area contributed by atoms with Crippen LogP contribution in [0.3, 0.4) is 0 Å². The van der Waals surface area contributed by atoms with Gasteiger partial charge in [0.2, 0.25) is 0 Å². The Labute approximate surface area is 155 Å². The van der Waals surface area contributed by atoms with Crippen molar-refractivity contribution in [2.75, 3.05) is 31.3 Å². The fraction of sp³-hybridized carbons (Fsp3) is 0.500. The summed E-state index contributed by atoms with van der Waals surface area (Å²) in [6.45, 7) is 0.392. The van der Waals surface area contributed by atoms with Gasteiger partial charge in [0.1, 0.15) is 0 Å². The van der Waals surface area contributed by atoms with Crippen molar-refractivity contribution in [2.24, 2.45) is 0 Å². The Bertz CT molecular complexity index is 824. The first-order valence-corrected chi connectivity index (χ1v) is 10.3. The van der Waals surface area contributed by atoms with Crippen LogP contribution in [0.5, 0.6) is 11.5 Å². The summed E-state index contributed by atoms with van der Waals surface area (Å²) in [6.07, 6.45) is 1.06. The maximum Gasteiger partial charge on any atom is 0.338 e. The molecular formula is C16H18ClNO7S. The molecule has 1 saturated heterocycles. The molecule has 2 aliphatic heterocycles. The van der Waals surface area contributed by atoms with E-state index >= 15 is 0 Å². The first-order chi connectivity index (χ1) is 12.3. The molecule has 0 spiro atoms. The number of carbonyl (C=O) groups is 2. The number of nitrogens with one attached hydrogen (secondary N) is 1. The summed E-state index contributed by atoms with van der Waals surface area (Å²) >= 11 is 6.12. The van der Waals surface area contributed by atoms with Gasteiger partial charge in [-0.3, -0.25) is 4.79 Å². The number of rotatable bonds is 4. The average molecular weight is 404 g/mol. The Hall–Kier alpha value is -2.00. The van der Waals surface area contributed by atoms with E-state index in [1.54, 1.807) is 0 Å². The van der Waals surface area contributed by atoms with Crippen LogP contribution in [0, 0.1) is 0 Å². The standard InChI is InChI=1S/C16H18ClNO7S/c17-12-6-10(7-13-15(12)24-4-1-3-23-13)16(20)25-8-14(19)18-11-2-5-26(21,22)9-11/h6-7,11H,1-5,8-9H2,(H,18,19)/t11-/m1/s1. The summed E-state index contributed by atoms with van der Waals surface area (Å²) in [5, 5.41) is 2.76. The van der Waals surface area contributed by atoms with Crippen molar-refractivity contribution in [3.8, 4) is 11.5 Å². The summed E-state index contributed by atoms with van der Waals surface area (Å²) in [5.74, 6) is -0.612. The van der Waals surface area contributed by atoms with Gasteiger partial charge in [-0.2, -0.15) is 0 Å². The van der Waals surface area contributed by atoms with Crippen LogP contribution < -0.4 is 14.8 Å². The Morgan fingerprint density at radius 3 is 2.77 bits per heavy atom. The molecule has 1 atom stereocenters. The summed E-state index contributed by atoms with van der Waals surface area (Å²) in [7, 11) is -3.09. The number of hydrogen-bond acceptors (Lipinski definition) is 7. The highest BCUT2D eigenvalue weighted by molar-refractivity contribution is 7.91. The molecule has 1 N–H and O–H groups in total. The first-order valence-electron chi connectivity index (χ1n) is 8.10. The van der Waals surface area contributed by atoms with E-state index in [-0.39, 0.29) is 22.1 Å². The van der Waals surface area contributed by atoms with Crippen molar-refractivity contribution in [2.45, 2.75) is 18.9 Å². The van der Waals surface area contributed by atoms with Crippen LogP contribution in [0.25, 0.3) is 0 Å². The lowest BCUT2D eigenvalue weighted by Gasteiger charge is -2.12. The van der Waals surface area contributed by atoms with Crippen molar-refractivity contribution < 1.29 is 32.2 Å². The monoisotopic (exact) mass is 403 g/mol. The van der Waals surface area contributed by atoms with Crippen LogP contribution in [-0.4, -0.2) is 57.7 Å². The Balaban J connectivity index is 1.57. The molecule has 3 rings (SSSR count). The van der Waals surface area contributed by atoms with Crippen molar-refractivity contribution in [1.82, 2.24) is 5.32 Å². The van der Waals surface area contributed by atoms with E-state index in [0.717, 1.165) is 0 Å². The van der Waals surface area contributed by atoms with Crippen LogP contribution in [0.4, 0.5) is 0 Å². The highest BCUT2D eigenvalue weighted by Gasteiger charge is 2.29. The number of benzene rings is 1. The Morgan fingerprint density at radius 1 is 1.27 bits per heavy atom. The van der Waals surface area contributed by atoms with Gasteiger partial charge in [-0.05, 0) is 18.6 Å². The van der Waals surface area contributed by atoms with Crippen molar-refractivity contribution in [1.29, 1.82) is 0 Å². The number of hydrogen-bond donors (Lipinski definition) is 1. The van der Waals surface area contributed by atoms with Crippen LogP contribution in [0.2, 0.25) is 5.02 Å². The quantitative estimate of drug-likeness (QED) is 0.746. The third-order valence-electron chi connectivity index (χ3n) is 3.97. The van der Waals surface area contributed by atoms with Crippen molar-refractivity contribution in [3.63, 3.8) is 0 Å². The predicted molar refractivity (Wildman–Crippen MR) is 92.5 cm³/mol. The molecule has 0 saturated carbocycles. The van der Waals surface area contributed by atoms with E-state index in [1.807, 2.05) is 0 Å². The molecule has 2 heterocycles. The SMILES string of the molecule is O=C(COC(=O)c1cc(Cl)c2c(c1)OCCCO2)N[C@@H]1CCS(=O)(=O)C1. The minimum Gasteiger partial charge on any atom is -0.489 e. The number of carbonyl (C=O) groups excluding carboxylic acids is 2. The number of sulfone groups is 1. The van der Waals surface area contributed by atoms with Crippen LogP contribution in [0.1, 0.15) is 23.2 Å². The molecule has 10 heteroatoms. The fourth-order valence-corrected chi connectivity index (χ4v) is 4.68. The Morgan fingerprint density at radius 2 is 2.04 bits per heavy atom. The molecule has 0 bridgehead atoms. The number of halogens is 1. The highest BCUT2D eigenvalue weighted by atomic mass is 35.5. The summed E-state index contributed by atoms with van der Waals surface area (Å²) in [5.41, 5.74) is 0.135. The van der Waals surface area contributed by atoms with E-state index in [9.17, 15) is 18.0 Å². The highest BCUT2D eigenvalue weighted by Crippen LogP contribution is 2.38. The molecule has 0 unspecified atom stereocenters. The molecule has 1 aromatic rings. The lowest BCUT2D eigenvalue weighted by atomic mass is 10.2. The lowest BCUT2D eigenvalue weighted by Crippen LogP contribution is -2.38. The second-order valence-corrected chi connectivity index (χ2v) is 8.72. The van der Waals surface area contributed by atoms with Gasteiger partial charge in [0.15, 0.2) is 27.9 Å². The molecule has 2 aliphatic rings. The zero-order valence-electron chi connectivity index (χ0n) is 13.8. The molecule has 0 radical (unpaired) electrons. The zero-order valence-corrected chi connectivity index (χ0v) is 15.4. The summed E-state index contributed by atoms with van der Waals surface area (Å²) < 4.78 is 38.7. The van der Waals surface area contributed by atoms with E-state index < -0.39 is 34.4 Å². The molecule has 1 fully saturated rings. The number of ether oxygens (including phenoxy) is 3. The summed E-state index contributed by atoms with van der Waals surface area (Å²) in [6, 6.07) is 2.40. The van der Waals surface area contributed by atoms with Crippen molar-refractivity contribution >= 4 is 33.3 Å². The molecule has 142 valence electrons. The topological polar surface area (TPSA) is 108 Å². The van der Waals surface area contributed by atoms with Gasteiger partial charge in [-0.1, -0.05) is 11.6 Å². The van der Waals surface area contributed by atoms with Crippen LogP contribution in [0.15, 0.2) is 12.1 Å². The van der Waals surface area contributed by atoms with Crippen molar-refractivity contribution in [3.05, 3.63) is 22.7 Å². The molecule has 26 heavy (non-hydrogen) atoms. The van der Waals surface area contributed by atoms with E-state index in [2.05, 4.69) is 5.32 Å². The third-order valence-corrected chi connectivity index (χ3v) is 6.02. The third kappa shape index (κ3) is 4.59. The van der Waals surface area contributed by atoms with Gasteiger partial charge >= 0.3 is 5.97 Å². The number of esters is 1. The van der Waals surface area contributed by atoms with Gasteiger partial charge in [0.05, 0.1) is 35.3 Å². The largest absolute Gasteiger partial charge is 0.489 e. The van der Waals surface area contributed by atoms with Gasteiger partial charge in [-0.25, -0.2) is 13.2 Å². The van der Waals surface area contributed by atoms with Gasteiger partial charge in [0, 0.05) is 12.5 Å². The van der Waals surface area contributed by atoms with Gasteiger partial charge in [0.25, 0.3) is 5.91 Å². The average Bonchev–Trinajstić information content (AvgIpc) is 2.78. The summed E-state index contributed by atoms with van der Waals surface area (Å²) in [4.78, 5) is 24.0. The lowest BCUT2D eigenvalue weighted by molar-refractivity contribution is -0.124. The molecule has 8 nitrogen and oxygen atoms in total. The maximum absolute atomic E-state index is 12.2. The second-order valence-electron chi connectivity index (χ2n) is 6.08. The molecular weight excluding hydrogens is 386 g/mol. The normalized spacial score (nSPS) is 20.9. The van der Waals surface area contributed by atoms with Gasteiger partial charge < -0.3 is 19.5 Å². The smallest absolute Gasteiger partial charge is 0.338 e. The van der Waals surface area contributed by atoms with E-state index in [4.69, 9.17) is 25.8 Å². The van der Waals surface area contributed by atoms with Crippen LogP contribution in [-0.2, 0) is 19.4 Å². The maximum atomic E-state index is 12.2. The van der Waals surface area contributed by atoms with E-state index in [1.165, 1.54) is 12.1 Å². The zero-order chi connectivity index (χ0) is 18.7. The van der Waals surface area contributed by atoms with Gasteiger partial charge in [-0.15, -0.1) is 0 Å². The molecule has 0 aliphatic carbocycles. The van der Waals surface area contributed by atoms with E-state index in [0.29, 0.717) is 37.6 Å². The Kier molecular flexibility index (Phi) is 5.57. The minimum absolute atomic E-state index is 0.0490. The first kappa shape index (κ1) is 18.8. The molecule has 1 aromatic carbocycles. The minimum atomic E-state index is -3.09. The predicted octanol–water partition coefficient (Wildman–Crippen LogP) is 0.961. The molecule has 1 amide bonds. The number of amides is 1.